The molecular formula is C12H17N3O4. The van der Waals surface area contributed by atoms with E-state index >= 15 is 0 Å². The predicted molar refractivity (Wildman–Crippen MR) is 66.8 cm³/mol. The smallest absolute Gasteiger partial charge is 0.328 e. The summed E-state index contributed by atoms with van der Waals surface area (Å²) < 4.78 is 0. The van der Waals surface area contributed by atoms with Crippen molar-refractivity contribution in [2.45, 2.75) is 32.7 Å². The first kappa shape index (κ1) is 14.9. The van der Waals surface area contributed by atoms with Gasteiger partial charge in [0.2, 0.25) is 17.7 Å². The van der Waals surface area contributed by atoms with Crippen LogP contribution in [0, 0.1) is 5.41 Å². The molecule has 1 aliphatic heterocycles. The molecule has 1 saturated heterocycles. The Morgan fingerprint density at radius 2 is 1.89 bits per heavy atom. The quantitative estimate of drug-likeness (QED) is 0.475. The average Bonchev–Trinajstić information content (AvgIpc) is 2.24. The number of rotatable bonds is 5. The summed E-state index contributed by atoms with van der Waals surface area (Å²) in [6.07, 6.45) is 1.61. The van der Waals surface area contributed by atoms with Crippen LogP contribution in [0.5, 0.6) is 0 Å². The third-order valence-electron chi connectivity index (χ3n) is 2.92. The van der Waals surface area contributed by atoms with E-state index in [0.29, 0.717) is 0 Å². The first-order valence-electron chi connectivity index (χ1n) is 5.86. The first-order valence-corrected chi connectivity index (χ1v) is 5.86. The van der Waals surface area contributed by atoms with Crippen molar-refractivity contribution in [3.63, 3.8) is 0 Å². The molecule has 1 atom stereocenters. The minimum Gasteiger partial charge on any atom is -0.354 e. The number of carbonyl (C=O) groups is 4. The predicted octanol–water partition coefficient (Wildman–Crippen LogP) is -0.170. The fourth-order valence-corrected chi connectivity index (χ4v) is 2.20. The molecule has 0 bridgehead atoms. The van der Waals surface area contributed by atoms with Crippen LogP contribution < -0.4 is 16.0 Å². The maximum atomic E-state index is 12.0. The SMILES string of the molecule is C=CCC1(CC(C)NC(C)=O)C(=O)NC(=O)NC1=O. The summed E-state index contributed by atoms with van der Waals surface area (Å²) in [7, 11) is 0. The summed E-state index contributed by atoms with van der Waals surface area (Å²) in [6.45, 7) is 6.56. The number of urea groups is 1. The largest absolute Gasteiger partial charge is 0.354 e. The minimum atomic E-state index is -1.42. The molecule has 1 rings (SSSR count). The van der Waals surface area contributed by atoms with E-state index in [-0.39, 0.29) is 24.8 Å². The molecule has 0 spiro atoms. The topological polar surface area (TPSA) is 104 Å². The van der Waals surface area contributed by atoms with Gasteiger partial charge in [0.1, 0.15) is 5.41 Å². The van der Waals surface area contributed by atoms with Gasteiger partial charge < -0.3 is 5.32 Å². The Balaban J connectivity index is 2.98. The molecule has 0 aromatic carbocycles. The zero-order valence-electron chi connectivity index (χ0n) is 10.9. The molecule has 7 nitrogen and oxygen atoms in total. The lowest BCUT2D eigenvalue weighted by Crippen LogP contribution is -2.63. The van der Waals surface area contributed by atoms with Crippen molar-refractivity contribution in [2.75, 3.05) is 0 Å². The van der Waals surface area contributed by atoms with Gasteiger partial charge in [-0.25, -0.2) is 4.79 Å². The molecule has 1 aliphatic rings. The van der Waals surface area contributed by atoms with Gasteiger partial charge in [-0.3, -0.25) is 25.0 Å². The van der Waals surface area contributed by atoms with Crippen LogP contribution in [0.25, 0.3) is 0 Å². The van der Waals surface area contributed by atoms with Gasteiger partial charge in [-0.1, -0.05) is 6.08 Å². The van der Waals surface area contributed by atoms with Crippen molar-refractivity contribution >= 4 is 23.8 Å². The fourth-order valence-electron chi connectivity index (χ4n) is 2.20. The molecule has 0 aromatic rings. The highest BCUT2D eigenvalue weighted by molar-refractivity contribution is 6.19. The number of hydrogen-bond acceptors (Lipinski definition) is 4. The molecule has 1 heterocycles. The molecule has 1 fully saturated rings. The molecule has 19 heavy (non-hydrogen) atoms. The lowest BCUT2D eigenvalue weighted by atomic mass is 9.76. The highest BCUT2D eigenvalue weighted by Gasteiger charge is 2.50. The van der Waals surface area contributed by atoms with E-state index < -0.39 is 23.3 Å². The number of nitrogens with one attached hydrogen (secondary N) is 3. The maximum absolute atomic E-state index is 12.0. The lowest BCUT2D eigenvalue weighted by Gasteiger charge is -2.35. The number of barbiturate groups is 1. The molecule has 1 unspecified atom stereocenters. The van der Waals surface area contributed by atoms with Crippen LogP contribution in [0.1, 0.15) is 26.7 Å². The Morgan fingerprint density at radius 1 is 1.37 bits per heavy atom. The third-order valence-corrected chi connectivity index (χ3v) is 2.92. The van der Waals surface area contributed by atoms with Gasteiger partial charge >= 0.3 is 6.03 Å². The Bertz CT molecular complexity index is 424. The van der Waals surface area contributed by atoms with Crippen LogP contribution in [-0.2, 0) is 14.4 Å². The number of carbonyl (C=O) groups excluding carboxylic acids is 4. The molecule has 104 valence electrons. The molecule has 3 N–H and O–H groups in total. The van der Waals surface area contributed by atoms with Crippen LogP contribution >= 0.6 is 0 Å². The van der Waals surface area contributed by atoms with Gasteiger partial charge in [-0.2, -0.15) is 0 Å². The maximum Gasteiger partial charge on any atom is 0.328 e. The normalized spacial score (nSPS) is 19.2. The van der Waals surface area contributed by atoms with E-state index in [1.54, 1.807) is 6.92 Å². The Morgan fingerprint density at radius 3 is 2.32 bits per heavy atom. The van der Waals surface area contributed by atoms with Gasteiger partial charge in [0.05, 0.1) is 0 Å². The molecule has 0 aromatic heterocycles. The number of amides is 5. The molecule has 7 heteroatoms. The highest BCUT2D eigenvalue weighted by atomic mass is 16.2. The van der Waals surface area contributed by atoms with Crippen molar-refractivity contribution in [1.82, 2.24) is 16.0 Å². The fraction of sp³-hybridized carbons (Fsp3) is 0.500. The minimum absolute atomic E-state index is 0.0852. The molecule has 0 radical (unpaired) electrons. The van der Waals surface area contributed by atoms with Crippen LogP contribution in [0.15, 0.2) is 12.7 Å². The molecule has 5 amide bonds. The number of hydrogen-bond donors (Lipinski definition) is 3. The summed E-state index contributed by atoms with van der Waals surface area (Å²) in [4.78, 5) is 46.1. The van der Waals surface area contributed by atoms with Gasteiger partial charge in [0, 0.05) is 13.0 Å². The zero-order valence-corrected chi connectivity index (χ0v) is 10.9. The van der Waals surface area contributed by atoms with E-state index in [0.717, 1.165) is 0 Å². The van der Waals surface area contributed by atoms with Crippen LogP contribution in [0.3, 0.4) is 0 Å². The third kappa shape index (κ3) is 3.18. The van der Waals surface area contributed by atoms with E-state index in [1.807, 2.05) is 0 Å². The summed E-state index contributed by atoms with van der Waals surface area (Å²) in [5.74, 6) is -1.59. The summed E-state index contributed by atoms with van der Waals surface area (Å²) in [6, 6.07) is -1.22. The van der Waals surface area contributed by atoms with Crippen molar-refractivity contribution in [3.8, 4) is 0 Å². The standard InChI is InChI=1S/C12H17N3O4/c1-4-5-12(6-7(2)13-8(3)16)9(17)14-11(19)15-10(12)18/h4,7H,1,5-6H2,2-3H3,(H,13,16)(H2,14,15,17,18,19). The van der Waals surface area contributed by atoms with E-state index in [1.165, 1.54) is 13.0 Å². The van der Waals surface area contributed by atoms with E-state index in [9.17, 15) is 19.2 Å². The number of allylic oxidation sites excluding steroid dienone is 1. The second-order valence-electron chi connectivity index (χ2n) is 4.62. The van der Waals surface area contributed by atoms with E-state index in [4.69, 9.17) is 0 Å². The monoisotopic (exact) mass is 267 g/mol. The van der Waals surface area contributed by atoms with Crippen molar-refractivity contribution < 1.29 is 19.2 Å². The molecule has 0 saturated carbocycles. The summed E-state index contributed by atoms with van der Waals surface area (Å²) >= 11 is 0. The summed E-state index contributed by atoms with van der Waals surface area (Å²) in [5.41, 5.74) is -1.42. The Hall–Kier alpha value is -2.18. The molecule has 0 aliphatic carbocycles. The van der Waals surface area contributed by atoms with Crippen LogP contribution in [0.4, 0.5) is 4.79 Å². The highest BCUT2D eigenvalue weighted by Crippen LogP contribution is 2.31. The van der Waals surface area contributed by atoms with Gasteiger partial charge in [0.15, 0.2) is 0 Å². The van der Waals surface area contributed by atoms with Crippen LogP contribution in [0.2, 0.25) is 0 Å². The lowest BCUT2D eigenvalue weighted by molar-refractivity contribution is -0.145. The summed E-state index contributed by atoms with van der Waals surface area (Å²) in [5, 5.41) is 6.76. The van der Waals surface area contributed by atoms with Gasteiger partial charge in [-0.15, -0.1) is 6.58 Å². The van der Waals surface area contributed by atoms with Crippen molar-refractivity contribution in [3.05, 3.63) is 12.7 Å². The van der Waals surface area contributed by atoms with Gasteiger partial charge in [0.25, 0.3) is 0 Å². The number of imide groups is 2. The second-order valence-corrected chi connectivity index (χ2v) is 4.62. The van der Waals surface area contributed by atoms with Crippen LogP contribution in [-0.4, -0.2) is 29.8 Å². The average molecular weight is 267 g/mol. The Labute approximate surface area is 110 Å². The van der Waals surface area contributed by atoms with Gasteiger partial charge in [-0.05, 0) is 19.8 Å². The Kier molecular flexibility index (Phi) is 4.42. The first-order chi connectivity index (χ1) is 8.81. The van der Waals surface area contributed by atoms with E-state index in [2.05, 4.69) is 22.5 Å². The zero-order chi connectivity index (χ0) is 14.6. The van der Waals surface area contributed by atoms with Crippen molar-refractivity contribution in [1.29, 1.82) is 0 Å². The second kappa shape index (κ2) is 5.64. The van der Waals surface area contributed by atoms with Crippen molar-refractivity contribution in [2.24, 2.45) is 5.41 Å². The molecular weight excluding hydrogens is 250 g/mol.